The molecule has 3 rings (SSSR count). The first kappa shape index (κ1) is 21.5. The van der Waals surface area contributed by atoms with E-state index in [0.717, 1.165) is 11.4 Å². The Morgan fingerprint density at radius 2 is 1.80 bits per heavy atom. The molecule has 156 valence electrons. The minimum absolute atomic E-state index is 0.271. The van der Waals surface area contributed by atoms with Gasteiger partial charge in [0.15, 0.2) is 0 Å². The van der Waals surface area contributed by atoms with Crippen molar-refractivity contribution in [2.75, 3.05) is 11.9 Å². The fourth-order valence-corrected chi connectivity index (χ4v) is 3.21. The number of hydrogen-bond donors (Lipinski definition) is 2. The Hall–Kier alpha value is -3.19. The van der Waals surface area contributed by atoms with Crippen LogP contribution in [0.1, 0.15) is 38.5 Å². The van der Waals surface area contributed by atoms with E-state index >= 15 is 0 Å². The first-order chi connectivity index (χ1) is 14.3. The van der Waals surface area contributed by atoms with Gasteiger partial charge in [-0.1, -0.05) is 11.6 Å². The molecule has 0 aliphatic carbocycles. The summed E-state index contributed by atoms with van der Waals surface area (Å²) in [6, 6.07) is 11.8. The predicted molar refractivity (Wildman–Crippen MR) is 114 cm³/mol. The highest BCUT2D eigenvalue weighted by Crippen LogP contribution is 2.22. The molecule has 0 saturated heterocycles. The van der Waals surface area contributed by atoms with Gasteiger partial charge in [-0.2, -0.15) is 5.10 Å². The summed E-state index contributed by atoms with van der Waals surface area (Å²) in [5.41, 5.74) is 2.88. The van der Waals surface area contributed by atoms with Crippen LogP contribution in [0.25, 0.3) is 0 Å². The van der Waals surface area contributed by atoms with Crippen LogP contribution < -0.4 is 10.6 Å². The van der Waals surface area contributed by atoms with Crippen molar-refractivity contribution < 1.29 is 14.0 Å². The Morgan fingerprint density at radius 3 is 2.47 bits per heavy atom. The lowest BCUT2D eigenvalue weighted by molar-refractivity contribution is 0.0953. The number of halogens is 2. The van der Waals surface area contributed by atoms with Crippen LogP contribution in [-0.4, -0.2) is 28.1 Å². The van der Waals surface area contributed by atoms with Crippen molar-refractivity contribution in [1.29, 1.82) is 0 Å². The number of carbonyl (C=O) groups excluding carboxylic acids is 2. The molecule has 2 aromatic carbocycles. The summed E-state index contributed by atoms with van der Waals surface area (Å²) in [7, 11) is 0. The Labute approximate surface area is 179 Å². The number of amides is 2. The zero-order valence-corrected chi connectivity index (χ0v) is 17.5. The van der Waals surface area contributed by atoms with E-state index in [0.29, 0.717) is 30.1 Å². The van der Waals surface area contributed by atoms with Crippen LogP contribution in [0.15, 0.2) is 48.5 Å². The summed E-state index contributed by atoms with van der Waals surface area (Å²) < 4.78 is 15.0. The standard InChI is InChI=1S/C22H22ClFN4O2/c1-14-12-15(2)28(27-14)11-3-10-25-22(30)19-9-6-17(23)13-20(19)26-21(29)16-4-7-18(24)8-5-16/h4-9,12-13H,3,10-11H2,1-2H3,(H,25,30)(H,26,29). The Morgan fingerprint density at radius 1 is 1.07 bits per heavy atom. The summed E-state index contributed by atoms with van der Waals surface area (Å²) in [6.07, 6.45) is 0.707. The predicted octanol–water partition coefficient (Wildman–Crippen LogP) is 4.36. The van der Waals surface area contributed by atoms with Crippen molar-refractivity contribution in [2.45, 2.75) is 26.8 Å². The van der Waals surface area contributed by atoms with E-state index in [4.69, 9.17) is 11.6 Å². The van der Waals surface area contributed by atoms with Crippen molar-refractivity contribution in [3.8, 4) is 0 Å². The second-order valence-electron chi connectivity index (χ2n) is 6.91. The monoisotopic (exact) mass is 428 g/mol. The number of benzene rings is 2. The van der Waals surface area contributed by atoms with Crippen molar-refractivity contribution in [1.82, 2.24) is 15.1 Å². The minimum Gasteiger partial charge on any atom is -0.352 e. The molecule has 0 radical (unpaired) electrons. The number of anilines is 1. The molecule has 6 nitrogen and oxygen atoms in total. The van der Waals surface area contributed by atoms with Gasteiger partial charge in [-0.25, -0.2) is 4.39 Å². The van der Waals surface area contributed by atoms with Gasteiger partial charge in [0, 0.05) is 29.4 Å². The number of aryl methyl sites for hydroxylation is 3. The van der Waals surface area contributed by atoms with Gasteiger partial charge < -0.3 is 10.6 Å². The summed E-state index contributed by atoms with van der Waals surface area (Å²) in [6.45, 7) is 5.07. The van der Waals surface area contributed by atoms with Crippen LogP contribution in [0, 0.1) is 19.7 Å². The van der Waals surface area contributed by atoms with Gasteiger partial charge in [0.25, 0.3) is 11.8 Å². The number of hydrogen-bond acceptors (Lipinski definition) is 3. The molecular weight excluding hydrogens is 407 g/mol. The number of nitrogens with one attached hydrogen (secondary N) is 2. The smallest absolute Gasteiger partial charge is 0.255 e. The third kappa shape index (κ3) is 5.45. The highest BCUT2D eigenvalue weighted by molar-refractivity contribution is 6.31. The highest BCUT2D eigenvalue weighted by atomic mass is 35.5. The fourth-order valence-electron chi connectivity index (χ4n) is 3.04. The van der Waals surface area contributed by atoms with Gasteiger partial charge in [0.2, 0.25) is 0 Å². The second kappa shape index (κ2) is 9.54. The Balaban J connectivity index is 1.63. The van der Waals surface area contributed by atoms with E-state index < -0.39 is 11.7 Å². The number of aromatic nitrogens is 2. The number of rotatable bonds is 7. The van der Waals surface area contributed by atoms with Gasteiger partial charge in [0.05, 0.1) is 16.9 Å². The average molecular weight is 429 g/mol. The molecule has 0 unspecified atom stereocenters. The van der Waals surface area contributed by atoms with Crippen molar-refractivity contribution in [3.63, 3.8) is 0 Å². The maximum absolute atomic E-state index is 13.1. The zero-order chi connectivity index (χ0) is 21.7. The minimum atomic E-state index is -0.462. The van der Waals surface area contributed by atoms with E-state index in [-0.39, 0.29) is 17.2 Å². The van der Waals surface area contributed by atoms with Crippen LogP contribution in [0.4, 0.5) is 10.1 Å². The van der Waals surface area contributed by atoms with Gasteiger partial charge in [0.1, 0.15) is 5.82 Å². The van der Waals surface area contributed by atoms with E-state index in [1.54, 1.807) is 12.1 Å². The molecule has 0 bridgehead atoms. The van der Waals surface area contributed by atoms with E-state index in [1.807, 2.05) is 24.6 Å². The van der Waals surface area contributed by atoms with Crippen LogP contribution in [0.3, 0.4) is 0 Å². The molecule has 0 fully saturated rings. The average Bonchev–Trinajstić information content (AvgIpc) is 3.02. The summed E-state index contributed by atoms with van der Waals surface area (Å²) in [4.78, 5) is 25.1. The van der Waals surface area contributed by atoms with Gasteiger partial charge in [-0.3, -0.25) is 14.3 Å². The maximum atomic E-state index is 13.1. The Bertz CT molecular complexity index is 1060. The molecule has 8 heteroatoms. The summed E-state index contributed by atoms with van der Waals surface area (Å²) >= 11 is 6.04. The molecule has 0 atom stereocenters. The molecule has 2 N–H and O–H groups in total. The van der Waals surface area contributed by atoms with Crippen LogP contribution >= 0.6 is 11.6 Å². The van der Waals surface area contributed by atoms with Gasteiger partial charge in [-0.05, 0) is 68.8 Å². The van der Waals surface area contributed by atoms with Crippen molar-refractivity contribution in [2.24, 2.45) is 0 Å². The molecule has 2 amide bonds. The SMILES string of the molecule is Cc1cc(C)n(CCCNC(=O)c2ccc(Cl)cc2NC(=O)c2ccc(F)cc2)n1. The van der Waals surface area contributed by atoms with Crippen molar-refractivity contribution >= 4 is 29.1 Å². The third-order valence-electron chi connectivity index (χ3n) is 4.52. The molecule has 0 aliphatic heterocycles. The number of carbonyl (C=O) groups is 2. The van der Waals surface area contributed by atoms with Crippen LogP contribution in [0.5, 0.6) is 0 Å². The van der Waals surface area contributed by atoms with E-state index in [2.05, 4.69) is 15.7 Å². The summed E-state index contributed by atoms with van der Waals surface area (Å²) in [5.74, 6) is -1.22. The molecule has 3 aromatic rings. The molecule has 0 aliphatic rings. The Kier molecular flexibility index (Phi) is 6.84. The normalized spacial score (nSPS) is 10.7. The second-order valence-corrected chi connectivity index (χ2v) is 7.35. The lowest BCUT2D eigenvalue weighted by Crippen LogP contribution is -2.27. The zero-order valence-electron chi connectivity index (χ0n) is 16.7. The third-order valence-corrected chi connectivity index (χ3v) is 4.75. The molecule has 1 aromatic heterocycles. The largest absolute Gasteiger partial charge is 0.352 e. The first-order valence-electron chi connectivity index (χ1n) is 9.49. The van der Waals surface area contributed by atoms with E-state index in [1.165, 1.54) is 30.3 Å². The van der Waals surface area contributed by atoms with Gasteiger partial charge in [-0.15, -0.1) is 0 Å². The first-order valence-corrected chi connectivity index (χ1v) is 9.87. The fraction of sp³-hybridized carbons (Fsp3) is 0.227. The topological polar surface area (TPSA) is 76.0 Å². The molecule has 30 heavy (non-hydrogen) atoms. The molecule has 1 heterocycles. The molecular formula is C22H22ClFN4O2. The lowest BCUT2D eigenvalue weighted by Gasteiger charge is -2.12. The maximum Gasteiger partial charge on any atom is 0.255 e. The summed E-state index contributed by atoms with van der Waals surface area (Å²) in [5, 5.41) is 10.3. The number of nitrogens with zero attached hydrogens (tertiary/aromatic N) is 2. The van der Waals surface area contributed by atoms with Crippen LogP contribution in [-0.2, 0) is 6.54 Å². The van der Waals surface area contributed by atoms with E-state index in [9.17, 15) is 14.0 Å². The molecule has 0 spiro atoms. The van der Waals surface area contributed by atoms with Gasteiger partial charge >= 0.3 is 0 Å². The van der Waals surface area contributed by atoms with Crippen molar-refractivity contribution in [3.05, 3.63) is 81.9 Å². The van der Waals surface area contributed by atoms with Crippen LogP contribution in [0.2, 0.25) is 5.02 Å². The lowest BCUT2D eigenvalue weighted by atomic mass is 10.1. The quantitative estimate of drug-likeness (QED) is 0.549. The highest BCUT2D eigenvalue weighted by Gasteiger charge is 2.15. The molecule has 0 saturated carbocycles.